The Balaban J connectivity index is 2.25. The SMILES string of the molecule is CCCCn1nc(C)c2c(C(F)(F)F)cc(-c3cnn(CC)c3)nc21. The quantitative estimate of drug-likeness (QED) is 0.683. The van der Waals surface area contributed by atoms with Crippen molar-refractivity contribution in [1.29, 1.82) is 0 Å². The van der Waals surface area contributed by atoms with Crippen molar-refractivity contribution in [2.24, 2.45) is 0 Å². The third-order valence-corrected chi connectivity index (χ3v) is 4.16. The van der Waals surface area contributed by atoms with E-state index in [1.165, 1.54) is 6.20 Å². The van der Waals surface area contributed by atoms with Gasteiger partial charge < -0.3 is 0 Å². The highest BCUT2D eigenvalue weighted by molar-refractivity contribution is 5.85. The van der Waals surface area contributed by atoms with E-state index in [0.717, 1.165) is 18.9 Å². The number of fused-ring (bicyclic) bond motifs is 1. The molecule has 3 aromatic rings. The third kappa shape index (κ3) is 3.25. The lowest BCUT2D eigenvalue weighted by Gasteiger charge is -2.11. The predicted molar refractivity (Wildman–Crippen MR) is 89.1 cm³/mol. The van der Waals surface area contributed by atoms with Gasteiger partial charge in [-0.25, -0.2) is 9.67 Å². The van der Waals surface area contributed by atoms with Crippen LogP contribution in [0.25, 0.3) is 22.3 Å². The molecular formula is C17H20F3N5. The largest absolute Gasteiger partial charge is 0.417 e. The summed E-state index contributed by atoms with van der Waals surface area (Å²) < 4.78 is 44.2. The van der Waals surface area contributed by atoms with E-state index in [1.54, 1.807) is 22.5 Å². The number of alkyl halides is 3. The summed E-state index contributed by atoms with van der Waals surface area (Å²) in [5, 5.41) is 8.50. The van der Waals surface area contributed by atoms with Crippen LogP contribution in [0.1, 0.15) is 37.9 Å². The molecule has 0 saturated carbocycles. The first-order valence-electron chi connectivity index (χ1n) is 8.33. The molecule has 134 valence electrons. The van der Waals surface area contributed by atoms with Crippen LogP contribution in [-0.2, 0) is 19.3 Å². The van der Waals surface area contributed by atoms with Gasteiger partial charge in [0.15, 0.2) is 5.65 Å². The molecule has 0 radical (unpaired) electrons. The number of pyridine rings is 1. The van der Waals surface area contributed by atoms with Gasteiger partial charge in [-0.2, -0.15) is 23.4 Å². The summed E-state index contributed by atoms with van der Waals surface area (Å²) in [4.78, 5) is 4.49. The van der Waals surface area contributed by atoms with Crippen LogP contribution in [0.2, 0.25) is 0 Å². The second kappa shape index (κ2) is 6.50. The molecule has 0 fully saturated rings. The second-order valence-corrected chi connectivity index (χ2v) is 6.00. The Morgan fingerprint density at radius 2 is 1.96 bits per heavy atom. The van der Waals surface area contributed by atoms with Gasteiger partial charge in [-0.05, 0) is 26.3 Å². The fourth-order valence-electron chi connectivity index (χ4n) is 2.86. The molecular weight excluding hydrogens is 331 g/mol. The Bertz CT molecular complexity index is 892. The molecule has 8 heteroatoms. The Morgan fingerprint density at radius 3 is 2.56 bits per heavy atom. The van der Waals surface area contributed by atoms with Crippen molar-refractivity contribution >= 4 is 11.0 Å². The minimum atomic E-state index is -4.47. The number of unbranched alkanes of at least 4 members (excludes halogenated alkanes) is 1. The molecule has 3 aromatic heterocycles. The van der Waals surface area contributed by atoms with Gasteiger partial charge in [0.25, 0.3) is 0 Å². The van der Waals surface area contributed by atoms with Crippen molar-refractivity contribution in [3.63, 3.8) is 0 Å². The van der Waals surface area contributed by atoms with Crippen LogP contribution in [0.5, 0.6) is 0 Å². The minimum absolute atomic E-state index is 0.0789. The number of aromatic nitrogens is 5. The zero-order valence-corrected chi connectivity index (χ0v) is 14.4. The summed E-state index contributed by atoms with van der Waals surface area (Å²) >= 11 is 0. The van der Waals surface area contributed by atoms with Crippen molar-refractivity contribution in [2.45, 2.75) is 52.9 Å². The van der Waals surface area contributed by atoms with Crippen LogP contribution in [0, 0.1) is 6.92 Å². The number of halogens is 3. The normalized spacial score (nSPS) is 12.2. The minimum Gasteiger partial charge on any atom is -0.272 e. The maximum Gasteiger partial charge on any atom is 0.417 e. The van der Waals surface area contributed by atoms with Gasteiger partial charge in [0.2, 0.25) is 0 Å². The van der Waals surface area contributed by atoms with E-state index < -0.39 is 11.7 Å². The Labute approximate surface area is 143 Å². The van der Waals surface area contributed by atoms with Crippen molar-refractivity contribution in [3.8, 4) is 11.3 Å². The van der Waals surface area contributed by atoms with Crippen molar-refractivity contribution < 1.29 is 13.2 Å². The molecule has 0 spiro atoms. The molecule has 0 aliphatic heterocycles. The standard InChI is InChI=1S/C17H20F3N5/c1-4-6-7-25-16-15(11(3)23-25)13(17(18,19)20)8-14(22-16)12-9-21-24(5-2)10-12/h8-10H,4-7H2,1-3H3. The highest BCUT2D eigenvalue weighted by Gasteiger charge is 2.35. The van der Waals surface area contributed by atoms with E-state index in [4.69, 9.17) is 0 Å². The fourth-order valence-corrected chi connectivity index (χ4v) is 2.86. The summed E-state index contributed by atoms with van der Waals surface area (Å²) in [6.07, 6.45) is 0.526. The summed E-state index contributed by atoms with van der Waals surface area (Å²) in [6.45, 7) is 6.72. The van der Waals surface area contributed by atoms with Gasteiger partial charge in [-0.1, -0.05) is 13.3 Å². The molecule has 3 heterocycles. The number of aryl methyl sites for hydroxylation is 3. The highest BCUT2D eigenvalue weighted by Crippen LogP contribution is 2.38. The zero-order valence-electron chi connectivity index (χ0n) is 14.4. The summed E-state index contributed by atoms with van der Waals surface area (Å²) in [5.41, 5.74) is 0.756. The molecule has 0 N–H and O–H groups in total. The van der Waals surface area contributed by atoms with Gasteiger partial charge in [-0.15, -0.1) is 0 Å². The Morgan fingerprint density at radius 1 is 1.20 bits per heavy atom. The van der Waals surface area contributed by atoms with E-state index in [0.29, 0.717) is 24.3 Å². The maximum absolute atomic E-state index is 13.6. The monoisotopic (exact) mass is 351 g/mol. The van der Waals surface area contributed by atoms with Crippen molar-refractivity contribution in [3.05, 3.63) is 29.7 Å². The van der Waals surface area contributed by atoms with E-state index >= 15 is 0 Å². The first kappa shape index (κ1) is 17.4. The first-order chi connectivity index (χ1) is 11.8. The molecule has 0 saturated heterocycles. The number of hydrogen-bond donors (Lipinski definition) is 0. The molecule has 0 bridgehead atoms. The first-order valence-corrected chi connectivity index (χ1v) is 8.33. The van der Waals surface area contributed by atoms with Gasteiger partial charge in [0, 0.05) is 24.8 Å². The average Bonchev–Trinajstić information content (AvgIpc) is 3.16. The van der Waals surface area contributed by atoms with E-state index in [2.05, 4.69) is 15.2 Å². The van der Waals surface area contributed by atoms with Gasteiger partial charge >= 0.3 is 6.18 Å². The van der Waals surface area contributed by atoms with E-state index in [1.807, 2.05) is 13.8 Å². The van der Waals surface area contributed by atoms with Crippen LogP contribution in [-0.4, -0.2) is 24.5 Å². The van der Waals surface area contributed by atoms with Crippen LogP contribution < -0.4 is 0 Å². The zero-order chi connectivity index (χ0) is 18.2. The lowest BCUT2D eigenvalue weighted by atomic mass is 10.1. The number of rotatable bonds is 5. The maximum atomic E-state index is 13.6. The Hall–Kier alpha value is -2.38. The molecule has 0 aliphatic carbocycles. The molecule has 3 rings (SSSR count). The molecule has 0 aromatic carbocycles. The molecule has 25 heavy (non-hydrogen) atoms. The lowest BCUT2D eigenvalue weighted by molar-refractivity contribution is -0.136. The van der Waals surface area contributed by atoms with Crippen molar-refractivity contribution in [1.82, 2.24) is 24.5 Å². The number of nitrogens with zero attached hydrogens (tertiary/aromatic N) is 5. The van der Waals surface area contributed by atoms with Crippen LogP contribution >= 0.6 is 0 Å². The van der Waals surface area contributed by atoms with Gasteiger partial charge in [0.1, 0.15) is 0 Å². The van der Waals surface area contributed by atoms with Gasteiger partial charge in [-0.3, -0.25) is 4.68 Å². The summed E-state index contributed by atoms with van der Waals surface area (Å²) in [7, 11) is 0. The number of hydrogen-bond acceptors (Lipinski definition) is 3. The molecule has 0 aliphatic rings. The second-order valence-electron chi connectivity index (χ2n) is 6.00. The molecule has 0 atom stereocenters. The molecule has 0 amide bonds. The summed E-state index contributed by atoms with van der Waals surface area (Å²) in [5.74, 6) is 0. The van der Waals surface area contributed by atoms with Crippen LogP contribution in [0.3, 0.4) is 0 Å². The highest BCUT2D eigenvalue weighted by atomic mass is 19.4. The van der Waals surface area contributed by atoms with E-state index in [9.17, 15) is 13.2 Å². The molecule has 5 nitrogen and oxygen atoms in total. The lowest BCUT2D eigenvalue weighted by Crippen LogP contribution is -2.08. The third-order valence-electron chi connectivity index (χ3n) is 4.16. The van der Waals surface area contributed by atoms with Gasteiger partial charge in [0.05, 0.1) is 28.5 Å². The van der Waals surface area contributed by atoms with Crippen LogP contribution in [0.15, 0.2) is 18.5 Å². The average molecular weight is 351 g/mol. The van der Waals surface area contributed by atoms with E-state index in [-0.39, 0.29) is 16.7 Å². The Kier molecular flexibility index (Phi) is 4.53. The fraction of sp³-hybridized carbons (Fsp3) is 0.471. The topological polar surface area (TPSA) is 48.5 Å². The summed E-state index contributed by atoms with van der Waals surface area (Å²) in [6, 6.07) is 1.10. The van der Waals surface area contributed by atoms with Crippen LogP contribution in [0.4, 0.5) is 13.2 Å². The van der Waals surface area contributed by atoms with Crippen molar-refractivity contribution in [2.75, 3.05) is 0 Å². The predicted octanol–water partition coefficient (Wildman–Crippen LogP) is 4.44. The smallest absolute Gasteiger partial charge is 0.272 e. The molecule has 0 unspecified atom stereocenters.